The molecule has 0 radical (unpaired) electrons. The maximum absolute atomic E-state index is 13.3. The van der Waals surface area contributed by atoms with Gasteiger partial charge in [0.25, 0.3) is 5.56 Å². The Morgan fingerprint density at radius 1 is 1.06 bits per heavy atom. The molecule has 1 N–H and O–H groups in total. The van der Waals surface area contributed by atoms with E-state index in [1.54, 1.807) is 17.0 Å². The summed E-state index contributed by atoms with van der Waals surface area (Å²) in [5, 5.41) is 7.90. The second kappa shape index (κ2) is 8.62. The van der Waals surface area contributed by atoms with Crippen molar-refractivity contribution in [1.82, 2.24) is 19.5 Å². The highest BCUT2D eigenvalue weighted by Gasteiger charge is 2.23. The van der Waals surface area contributed by atoms with E-state index in [0.29, 0.717) is 42.6 Å². The van der Waals surface area contributed by atoms with E-state index in [0.717, 1.165) is 16.1 Å². The van der Waals surface area contributed by atoms with Crippen molar-refractivity contribution in [1.29, 1.82) is 0 Å². The maximum atomic E-state index is 13.3. The van der Waals surface area contributed by atoms with Crippen molar-refractivity contribution in [3.05, 3.63) is 76.3 Å². The van der Waals surface area contributed by atoms with Crippen molar-refractivity contribution >= 4 is 33.8 Å². The summed E-state index contributed by atoms with van der Waals surface area (Å²) in [7, 11) is 0. The Bertz CT molecular complexity index is 1390. The van der Waals surface area contributed by atoms with Crippen LogP contribution in [0.15, 0.2) is 59.4 Å². The smallest absolute Gasteiger partial charge is 0.321 e. The van der Waals surface area contributed by atoms with Crippen LogP contribution in [0.1, 0.15) is 5.56 Å². The number of nitrogens with zero attached hydrogens (tertiary/aromatic N) is 5. The number of halogens is 1. The first kappa shape index (κ1) is 21.1. The van der Waals surface area contributed by atoms with Crippen molar-refractivity contribution in [3.63, 3.8) is 0 Å². The van der Waals surface area contributed by atoms with Crippen molar-refractivity contribution in [3.8, 4) is 10.6 Å². The van der Waals surface area contributed by atoms with Crippen molar-refractivity contribution in [2.24, 2.45) is 0 Å². The molecular formula is C23H21FN6O2S. The lowest BCUT2D eigenvalue weighted by molar-refractivity contribution is 0.208. The zero-order chi connectivity index (χ0) is 22.9. The summed E-state index contributed by atoms with van der Waals surface area (Å²) >= 11 is 1.37. The highest BCUT2D eigenvalue weighted by atomic mass is 32.1. The molecule has 8 nitrogen and oxygen atoms in total. The van der Waals surface area contributed by atoms with E-state index >= 15 is 0 Å². The summed E-state index contributed by atoms with van der Waals surface area (Å²) in [5.41, 5.74) is 2.24. The number of nitrogens with one attached hydrogen (secondary N) is 1. The minimum Gasteiger partial charge on any atom is -0.353 e. The van der Waals surface area contributed by atoms with Gasteiger partial charge >= 0.3 is 6.03 Å². The second-order valence-corrected chi connectivity index (χ2v) is 8.79. The zero-order valence-corrected chi connectivity index (χ0v) is 18.7. The number of rotatable bonds is 3. The van der Waals surface area contributed by atoms with E-state index in [4.69, 9.17) is 0 Å². The van der Waals surface area contributed by atoms with Crippen molar-refractivity contribution in [2.75, 3.05) is 36.4 Å². The van der Waals surface area contributed by atoms with Gasteiger partial charge in [-0.05, 0) is 31.2 Å². The largest absolute Gasteiger partial charge is 0.353 e. The molecule has 33 heavy (non-hydrogen) atoms. The van der Waals surface area contributed by atoms with Crippen LogP contribution in [-0.4, -0.2) is 51.7 Å². The first-order valence-corrected chi connectivity index (χ1v) is 11.3. The molecule has 0 spiro atoms. The summed E-state index contributed by atoms with van der Waals surface area (Å²) < 4.78 is 14.7. The number of aromatic nitrogens is 3. The Balaban J connectivity index is 1.30. The molecule has 168 valence electrons. The molecule has 2 aromatic heterocycles. The molecule has 0 atom stereocenters. The van der Waals surface area contributed by atoms with Gasteiger partial charge < -0.3 is 15.1 Å². The Labute approximate surface area is 192 Å². The van der Waals surface area contributed by atoms with Crippen LogP contribution in [0.2, 0.25) is 0 Å². The number of urea groups is 1. The van der Waals surface area contributed by atoms with Gasteiger partial charge in [-0.25, -0.2) is 14.2 Å². The van der Waals surface area contributed by atoms with Gasteiger partial charge in [-0.2, -0.15) is 9.61 Å². The third-order valence-corrected chi connectivity index (χ3v) is 6.42. The molecule has 2 amide bonds. The highest BCUT2D eigenvalue weighted by Crippen LogP contribution is 2.26. The normalized spacial score (nSPS) is 14.0. The molecule has 1 aliphatic rings. The summed E-state index contributed by atoms with van der Waals surface area (Å²) in [4.78, 5) is 34.0. The van der Waals surface area contributed by atoms with Crippen LogP contribution in [0.4, 0.5) is 20.7 Å². The van der Waals surface area contributed by atoms with Crippen LogP contribution in [0.5, 0.6) is 0 Å². The number of hydrogen-bond donors (Lipinski definition) is 1. The van der Waals surface area contributed by atoms with Gasteiger partial charge in [0.15, 0.2) is 0 Å². The van der Waals surface area contributed by atoms with E-state index in [1.807, 2.05) is 36.1 Å². The Hall–Kier alpha value is -3.79. The van der Waals surface area contributed by atoms with Gasteiger partial charge in [0, 0.05) is 43.5 Å². The predicted octanol–water partition coefficient (Wildman–Crippen LogP) is 3.62. The third-order valence-electron chi connectivity index (χ3n) is 5.46. The van der Waals surface area contributed by atoms with Crippen molar-refractivity contribution in [2.45, 2.75) is 6.92 Å². The Morgan fingerprint density at radius 2 is 1.85 bits per heavy atom. The molecule has 10 heteroatoms. The lowest BCUT2D eigenvalue weighted by Gasteiger charge is -2.35. The van der Waals surface area contributed by atoms with Crippen LogP contribution >= 0.6 is 11.3 Å². The zero-order valence-electron chi connectivity index (χ0n) is 17.9. The average Bonchev–Trinajstić information content (AvgIpc) is 3.24. The Kier molecular flexibility index (Phi) is 5.51. The number of carbonyl (C=O) groups excluding carboxylic acids is 1. The first-order chi connectivity index (χ1) is 16.0. The fourth-order valence-electron chi connectivity index (χ4n) is 3.76. The van der Waals surface area contributed by atoms with Gasteiger partial charge in [-0.1, -0.05) is 41.2 Å². The van der Waals surface area contributed by atoms with E-state index in [2.05, 4.69) is 15.4 Å². The quantitative estimate of drug-likeness (QED) is 0.501. The van der Waals surface area contributed by atoms with E-state index in [-0.39, 0.29) is 11.6 Å². The standard InChI is InChI=1S/C23H21FN6O2S/c1-15-4-2-5-16(12-15)21-27-30-20(31)14-19(26-23(30)33-21)28-8-10-29(11-9-28)22(32)25-18-7-3-6-17(24)13-18/h2-7,12-14H,8-11H2,1H3,(H,25,32). The molecule has 1 saturated heterocycles. The molecule has 1 aliphatic heterocycles. The summed E-state index contributed by atoms with van der Waals surface area (Å²) in [5.74, 6) is 0.170. The van der Waals surface area contributed by atoms with Crippen molar-refractivity contribution < 1.29 is 9.18 Å². The molecule has 5 rings (SSSR count). The summed E-state index contributed by atoms with van der Waals surface area (Å²) in [6.45, 7) is 3.99. The van der Waals surface area contributed by atoms with Crippen LogP contribution in [0, 0.1) is 12.7 Å². The van der Waals surface area contributed by atoms with Crippen LogP contribution in [0.25, 0.3) is 15.5 Å². The topological polar surface area (TPSA) is 82.8 Å². The maximum Gasteiger partial charge on any atom is 0.321 e. The number of benzene rings is 2. The van der Waals surface area contributed by atoms with E-state index < -0.39 is 5.82 Å². The molecule has 2 aromatic carbocycles. The average molecular weight is 465 g/mol. The minimum absolute atomic E-state index is 0.239. The molecule has 1 fully saturated rings. The summed E-state index contributed by atoms with van der Waals surface area (Å²) in [6.07, 6.45) is 0. The first-order valence-electron chi connectivity index (χ1n) is 10.5. The molecule has 4 aromatic rings. The number of piperazine rings is 1. The fraction of sp³-hybridized carbons (Fsp3) is 0.217. The fourth-order valence-corrected chi connectivity index (χ4v) is 4.66. The van der Waals surface area contributed by atoms with Crippen LogP contribution in [-0.2, 0) is 0 Å². The molecule has 3 heterocycles. The predicted molar refractivity (Wildman–Crippen MR) is 127 cm³/mol. The van der Waals surface area contributed by atoms with E-state index in [1.165, 1.54) is 34.1 Å². The number of carbonyl (C=O) groups is 1. The monoisotopic (exact) mass is 464 g/mol. The third kappa shape index (κ3) is 4.42. The number of aryl methyl sites for hydroxylation is 1. The van der Waals surface area contributed by atoms with Crippen LogP contribution < -0.4 is 15.8 Å². The van der Waals surface area contributed by atoms with E-state index in [9.17, 15) is 14.0 Å². The summed E-state index contributed by atoms with van der Waals surface area (Å²) in [6, 6.07) is 15.0. The molecule has 0 aliphatic carbocycles. The lowest BCUT2D eigenvalue weighted by Crippen LogP contribution is -2.50. The molecular weight excluding hydrogens is 443 g/mol. The van der Waals surface area contributed by atoms with Gasteiger partial charge in [-0.3, -0.25) is 4.79 Å². The van der Waals surface area contributed by atoms with Gasteiger partial charge in [-0.15, -0.1) is 0 Å². The molecule has 0 bridgehead atoms. The highest BCUT2D eigenvalue weighted by molar-refractivity contribution is 7.19. The Morgan fingerprint density at radius 3 is 2.61 bits per heavy atom. The number of fused-ring (bicyclic) bond motifs is 1. The second-order valence-electron chi connectivity index (χ2n) is 7.84. The van der Waals surface area contributed by atoms with Gasteiger partial charge in [0.05, 0.1) is 0 Å². The van der Waals surface area contributed by atoms with Gasteiger partial charge in [0.2, 0.25) is 4.96 Å². The number of hydrogen-bond acceptors (Lipinski definition) is 6. The number of anilines is 2. The SMILES string of the molecule is Cc1cccc(-c2nn3c(=O)cc(N4CCN(C(=O)Nc5cccc(F)c5)CC4)nc3s2)c1. The van der Waals surface area contributed by atoms with Gasteiger partial charge in [0.1, 0.15) is 16.6 Å². The number of amides is 2. The minimum atomic E-state index is -0.404. The molecule has 0 saturated carbocycles. The lowest BCUT2D eigenvalue weighted by atomic mass is 10.1. The van der Waals surface area contributed by atoms with Crippen LogP contribution in [0.3, 0.4) is 0 Å². The molecule has 0 unspecified atom stereocenters.